The summed E-state index contributed by atoms with van der Waals surface area (Å²) in [5.41, 5.74) is -1.60. The van der Waals surface area contributed by atoms with Gasteiger partial charge in [0.05, 0.1) is 36.6 Å². The Morgan fingerprint density at radius 3 is 1.53 bits per heavy atom. The van der Waals surface area contributed by atoms with Crippen LogP contribution in [0.5, 0.6) is 0 Å². The number of rotatable bonds is 6. The maximum Gasteiger partial charge on any atom is 0.0838 e. The molecule has 4 heteroatoms. The molecule has 0 aliphatic heterocycles. The van der Waals surface area contributed by atoms with Crippen LogP contribution in [0.15, 0.2) is 0 Å². The van der Waals surface area contributed by atoms with Gasteiger partial charge in [-0.25, -0.2) is 0 Å². The Hall–Kier alpha value is -0.160. The summed E-state index contributed by atoms with van der Waals surface area (Å²) in [4.78, 5) is 0. The molecule has 2 unspecified atom stereocenters. The zero-order chi connectivity index (χ0) is 13.1. The fraction of sp³-hybridized carbons (Fsp3) is 1.00. The molecule has 0 bridgehead atoms. The SMILES string of the molecule is CC(C)(O)COC1CCCC1OCC(C)(C)O. The van der Waals surface area contributed by atoms with Crippen LogP contribution in [0, 0.1) is 0 Å². The number of aliphatic hydroxyl groups is 2. The van der Waals surface area contributed by atoms with Crippen LogP contribution in [-0.2, 0) is 9.47 Å². The van der Waals surface area contributed by atoms with E-state index in [9.17, 15) is 10.2 Å². The van der Waals surface area contributed by atoms with Crippen molar-refractivity contribution in [2.75, 3.05) is 13.2 Å². The van der Waals surface area contributed by atoms with Crippen molar-refractivity contribution in [3.63, 3.8) is 0 Å². The number of hydrogen-bond donors (Lipinski definition) is 2. The average molecular weight is 246 g/mol. The van der Waals surface area contributed by atoms with Gasteiger partial charge in [-0.2, -0.15) is 0 Å². The van der Waals surface area contributed by atoms with E-state index in [-0.39, 0.29) is 12.2 Å². The summed E-state index contributed by atoms with van der Waals surface area (Å²) in [5.74, 6) is 0. The molecule has 0 radical (unpaired) electrons. The van der Waals surface area contributed by atoms with Gasteiger partial charge >= 0.3 is 0 Å². The van der Waals surface area contributed by atoms with E-state index in [0.717, 1.165) is 19.3 Å². The monoisotopic (exact) mass is 246 g/mol. The van der Waals surface area contributed by atoms with Gasteiger partial charge < -0.3 is 19.7 Å². The van der Waals surface area contributed by atoms with Crippen molar-refractivity contribution in [3.8, 4) is 0 Å². The van der Waals surface area contributed by atoms with E-state index in [4.69, 9.17) is 9.47 Å². The molecule has 0 spiro atoms. The molecule has 17 heavy (non-hydrogen) atoms. The summed E-state index contributed by atoms with van der Waals surface area (Å²) in [6.45, 7) is 7.56. The minimum absolute atomic E-state index is 0.0452. The Morgan fingerprint density at radius 2 is 1.24 bits per heavy atom. The van der Waals surface area contributed by atoms with Crippen molar-refractivity contribution >= 4 is 0 Å². The summed E-state index contributed by atoms with van der Waals surface area (Å²) in [6.07, 6.45) is 3.10. The van der Waals surface area contributed by atoms with Crippen LogP contribution in [0.25, 0.3) is 0 Å². The lowest BCUT2D eigenvalue weighted by atomic mass is 10.1. The second-order valence-corrected chi connectivity index (χ2v) is 6.25. The van der Waals surface area contributed by atoms with Gasteiger partial charge in [0.15, 0.2) is 0 Å². The van der Waals surface area contributed by atoms with Gasteiger partial charge in [-0.15, -0.1) is 0 Å². The minimum Gasteiger partial charge on any atom is -0.388 e. The molecule has 1 aliphatic carbocycles. The van der Waals surface area contributed by atoms with E-state index in [0.29, 0.717) is 13.2 Å². The fourth-order valence-electron chi connectivity index (χ4n) is 1.90. The summed E-state index contributed by atoms with van der Waals surface area (Å²) < 4.78 is 11.4. The molecule has 0 saturated heterocycles. The second kappa shape index (κ2) is 5.65. The van der Waals surface area contributed by atoms with Gasteiger partial charge in [0, 0.05) is 0 Å². The number of ether oxygens (including phenoxy) is 2. The first-order valence-electron chi connectivity index (χ1n) is 6.35. The van der Waals surface area contributed by atoms with Gasteiger partial charge in [0.2, 0.25) is 0 Å². The van der Waals surface area contributed by atoms with Crippen LogP contribution in [0.4, 0.5) is 0 Å². The van der Waals surface area contributed by atoms with Crippen LogP contribution in [0.2, 0.25) is 0 Å². The van der Waals surface area contributed by atoms with Crippen molar-refractivity contribution in [3.05, 3.63) is 0 Å². The highest BCUT2D eigenvalue weighted by molar-refractivity contribution is 4.81. The van der Waals surface area contributed by atoms with Gasteiger partial charge in [-0.1, -0.05) is 0 Å². The molecule has 4 nitrogen and oxygen atoms in total. The van der Waals surface area contributed by atoms with Crippen molar-refractivity contribution in [1.82, 2.24) is 0 Å². The van der Waals surface area contributed by atoms with Crippen LogP contribution < -0.4 is 0 Å². The van der Waals surface area contributed by atoms with E-state index in [1.54, 1.807) is 27.7 Å². The van der Waals surface area contributed by atoms with Crippen LogP contribution in [0.3, 0.4) is 0 Å². The topological polar surface area (TPSA) is 58.9 Å². The molecule has 0 heterocycles. The molecular formula is C13H26O4. The lowest BCUT2D eigenvalue weighted by Crippen LogP contribution is -2.36. The van der Waals surface area contributed by atoms with E-state index < -0.39 is 11.2 Å². The molecule has 0 aromatic rings. The first-order valence-corrected chi connectivity index (χ1v) is 6.35. The minimum atomic E-state index is -0.802. The van der Waals surface area contributed by atoms with Gasteiger partial charge in [0.25, 0.3) is 0 Å². The Kier molecular flexibility index (Phi) is 4.95. The first kappa shape index (κ1) is 14.9. The fourth-order valence-corrected chi connectivity index (χ4v) is 1.90. The van der Waals surface area contributed by atoms with Crippen LogP contribution >= 0.6 is 0 Å². The van der Waals surface area contributed by atoms with E-state index >= 15 is 0 Å². The molecule has 2 N–H and O–H groups in total. The Bertz CT molecular complexity index is 203. The molecule has 0 amide bonds. The largest absolute Gasteiger partial charge is 0.388 e. The van der Waals surface area contributed by atoms with Crippen molar-refractivity contribution < 1.29 is 19.7 Å². The highest BCUT2D eigenvalue weighted by atomic mass is 16.6. The lowest BCUT2D eigenvalue weighted by Gasteiger charge is -2.27. The van der Waals surface area contributed by atoms with Crippen LogP contribution in [-0.4, -0.2) is 46.8 Å². The van der Waals surface area contributed by atoms with Gasteiger partial charge in [-0.3, -0.25) is 0 Å². The van der Waals surface area contributed by atoms with Gasteiger partial charge in [0.1, 0.15) is 0 Å². The maximum absolute atomic E-state index is 9.62. The second-order valence-electron chi connectivity index (χ2n) is 6.25. The summed E-state index contributed by atoms with van der Waals surface area (Å²) >= 11 is 0. The predicted molar refractivity (Wildman–Crippen MR) is 65.9 cm³/mol. The van der Waals surface area contributed by atoms with Crippen molar-refractivity contribution in [2.45, 2.75) is 70.4 Å². The molecule has 1 aliphatic rings. The average Bonchev–Trinajstić information content (AvgIpc) is 2.56. The van der Waals surface area contributed by atoms with E-state index in [1.807, 2.05) is 0 Å². The van der Waals surface area contributed by atoms with Gasteiger partial charge in [-0.05, 0) is 47.0 Å². The third-order valence-electron chi connectivity index (χ3n) is 2.69. The molecule has 0 aromatic heterocycles. The zero-order valence-corrected chi connectivity index (χ0v) is 11.4. The standard InChI is InChI=1S/C13H26O4/c1-12(2,14)8-16-10-6-5-7-11(10)17-9-13(3,4)15/h10-11,14-15H,5-9H2,1-4H3. The molecule has 102 valence electrons. The maximum atomic E-state index is 9.62. The Labute approximate surface area is 104 Å². The molecular weight excluding hydrogens is 220 g/mol. The quantitative estimate of drug-likeness (QED) is 0.745. The first-order chi connectivity index (χ1) is 7.67. The predicted octanol–water partition coefficient (Wildman–Crippen LogP) is 1.48. The normalized spacial score (nSPS) is 26.5. The number of hydrogen-bond acceptors (Lipinski definition) is 4. The highest BCUT2D eigenvalue weighted by Gasteiger charge is 2.31. The molecule has 1 saturated carbocycles. The highest BCUT2D eigenvalue weighted by Crippen LogP contribution is 2.26. The third-order valence-corrected chi connectivity index (χ3v) is 2.69. The summed E-state index contributed by atoms with van der Waals surface area (Å²) in [7, 11) is 0. The molecule has 0 aromatic carbocycles. The van der Waals surface area contributed by atoms with Crippen LogP contribution in [0.1, 0.15) is 47.0 Å². The Morgan fingerprint density at radius 1 is 0.882 bits per heavy atom. The lowest BCUT2D eigenvalue weighted by molar-refractivity contribution is -0.120. The molecule has 1 fully saturated rings. The molecule has 2 atom stereocenters. The Balaban J connectivity index is 2.34. The third kappa shape index (κ3) is 6.36. The zero-order valence-electron chi connectivity index (χ0n) is 11.4. The van der Waals surface area contributed by atoms with Crippen molar-refractivity contribution in [1.29, 1.82) is 0 Å². The summed E-state index contributed by atoms with van der Waals surface area (Å²) in [6, 6.07) is 0. The smallest absolute Gasteiger partial charge is 0.0838 e. The van der Waals surface area contributed by atoms with E-state index in [1.165, 1.54) is 0 Å². The van der Waals surface area contributed by atoms with Crippen molar-refractivity contribution in [2.24, 2.45) is 0 Å². The van der Waals surface area contributed by atoms with E-state index in [2.05, 4.69) is 0 Å². The summed E-state index contributed by atoms with van der Waals surface area (Å²) in [5, 5.41) is 19.2. The molecule has 1 rings (SSSR count).